The van der Waals surface area contributed by atoms with E-state index in [0.717, 1.165) is 10.8 Å². The fourth-order valence-electron chi connectivity index (χ4n) is 3.36. The standard InChI is InChI=1S/C24H28N2O6/c1-17(2)25(24(28)20-12-10-18(11-13-20)15-32-26(29)30)14-21(27)16-31-23-9-5-7-19-6-3-4-8-22(19)23/h3-13,17,21,27,29-30H,14-16H2,1-2H3. The van der Waals surface area contributed by atoms with Crippen molar-refractivity contribution in [3.05, 3.63) is 77.9 Å². The molecule has 1 atom stereocenters. The Labute approximate surface area is 186 Å². The van der Waals surface area contributed by atoms with Crippen molar-refractivity contribution in [1.29, 1.82) is 0 Å². The Balaban J connectivity index is 1.62. The molecular formula is C24H28N2O6. The van der Waals surface area contributed by atoms with Crippen molar-refractivity contribution in [2.75, 3.05) is 13.2 Å². The Hall–Kier alpha value is -3.01. The van der Waals surface area contributed by atoms with Gasteiger partial charge in [0.2, 0.25) is 0 Å². The summed E-state index contributed by atoms with van der Waals surface area (Å²) in [7, 11) is 0. The van der Waals surface area contributed by atoms with Crippen LogP contribution in [0.5, 0.6) is 5.75 Å². The molecule has 3 aromatic rings. The summed E-state index contributed by atoms with van der Waals surface area (Å²) in [6.07, 6.45) is -0.868. The maximum atomic E-state index is 13.0. The molecule has 0 aliphatic rings. The van der Waals surface area contributed by atoms with Gasteiger partial charge in [-0.3, -0.25) is 15.2 Å². The van der Waals surface area contributed by atoms with Crippen molar-refractivity contribution in [2.24, 2.45) is 0 Å². The maximum absolute atomic E-state index is 13.0. The molecule has 0 heterocycles. The fraction of sp³-hybridized carbons (Fsp3) is 0.292. The molecule has 0 spiro atoms. The van der Waals surface area contributed by atoms with E-state index in [1.54, 1.807) is 29.2 Å². The van der Waals surface area contributed by atoms with Crippen LogP contribution in [0.1, 0.15) is 29.8 Å². The van der Waals surface area contributed by atoms with Gasteiger partial charge in [-0.15, -0.1) is 0 Å². The highest BCUT2D eigenvalue weighted by Crippen LogP contribution is 2.25. The lowest BCUT2D eigenvalue weighted by molar-refractivity contribution is -0.497. The van der Waals surface area contributed by atoms with Gasteiger partial charge in [-0.2, -0.15) is 0 Å². The minimum absolute atomic E-state index is 0.0552. The first-order valence-corrected chi connectivity index (χ1v) is 10.3. The number of fused-ring (bicyclic) bond motifs is 1. The van der Waals surface area contributed by atoms with Crippen LogP contribution in [-0.2, 0) is 11.4 Å². The molecule has 8 nitrogen and oxygen atoms in total. The monoisotopic (exact) mass is 440 g/mol. The van der Waals surface area contributed by atoms with Gasteiger partial charge in [0.25, 0.3) is 5.91 Å². The second-order valence-corrected chi connectivity index (χ2v) is 7.72. The first-order chi connectivity index (χ1) is 15.3. The van der Waals surface area contributed by atoms with Crippen LogP contribution in [0.2, 0.25) is 0 Å². The number of hydrogen-bond donors (Lipinski definition) is 3. The smallest absolute Gasteiger partial charge is 0.254 e. The maximum Gasteiger partial charge on any atom is 0.254 e. The number of ether oxygens (including phenoxy) is 1. The number of amides is 1. The van der Waals surface area contributed by atoms with Gasteiger partial charge in [0.15, 0.2) is 0 Å². The topological polar surface area (TPSA) is 103 Å². The Morgan fingerprint density at radius 2 is 1.66 bits per heavy atom. The van der Waals surface area contributed by atoms with Crippen molar-refractivity contribution in [3.63, 3.8) is 0 Å². The van der Waals surface area contributed by atoms with E-state index in [4.69, 9.17) is 15.2 Å². The summed E-state index contributed by atoms with van der Waals surface area (Å²) in [4.78, 5) is 19.2. The summed E-state index contributed by atoms with van der Waals surface area (Å²) >= 11 is 0. The van der Waals surface area contributed by atoms with E-state index in [-0.39, 0.29) is 37.1 Å². The van der Waals surface area contributed by atoms with Gasteiger partial charge in [0.05, 0.1) is 18.5 Å². The van der Waals surface area contributed by atoms with E-state index in [0.29, 0.717) is 16.9 Å². The number of benzene rings is 3. The lowest BCUT2D eigenvalue weighted by Crippen LogP contribution is -2.43. The zero-order chi connectivity index (χ0) is 23.1. The highest BCUT2D eigenvalue weighted by molar-refractivity contribution is 5.94. The number of aliphatic hydroxyl groups is 1. The molecule has 32 heavy (non-hydrogen) atoms. The third-order valence-corrected chi connectivity index (χ3v) is 5.02. The Kier molecular flexibility index (Phi) is 8.15. The van der Waals surface area contributed by atoms with Crippen LogP contribution in [0.25, 0.3) is 10.8 Å². The number of carbonyl (C=O) groups is 1. The molecule has 3 N–H and O–H groups in total. The third kappa shape index (κ3) is 6.25. The Morgan fingerprint density at radius 3 is 2.34 bits per heavy atom. The highest BCUT2D eigenvalue weighted by Gasteiger charge is 2.22. The summed E-state index contributed by atoms with van der Waals surface area (Å²) in [6.45, 7) is 3.89. The molecule has 0 aliphatic carbocycles. The van der Waals surface area contributed by atoms with Crippen LogP contribution in [-0.4, -0.2) is 57.0 Å². The van der Waals surface area contributed by atoms with Crippen molar-refractivity contribution in [1.82, 2.24) is 10.3 Å². The van der Waals surface area contributed by atoms with Crippen LogP contribution in [0.3, 0.4) is 0 Å². The molecular weight excluding hydrogens is 412 g/mol. The van der Waals surface area contributed by atoms with Crippen LogP contribution in [0.15, 0.2) is 66.7 Å². The molecule has 0 aromatic heterocycles. The lowest BCUT2D eigenvalue weighted by Gasteiger charge is -2.29. The number of rotatable bonds is 10. The SMILES string of the molecule is CC(C)N(CC(O)COc1cccc2ccccc12)C(=O)c1ccc(CON(O)O)cc1. The van der Waals surface area contributed by atoms with Gasteiger partial charge in [0, 0.05) is 17.0 Å². The van der Waals surface area contributed by atoms with E-state index >= 15 is 0 Å². The van der Waals surface area contributed by atoms with Gasteiger partial charge < -0.3 is 14.7 Å². The van der Waals surface area contributed by atoms with E-state index in [1.807, 2.05) is 56.3 Å². The zero-order valence-electron chi connectivity index (χ0n) is 18.1. The number of aliphatic hydroxyl groups excluding tert-OH is 1. The van der Waals surface area contributed by atoms with Crippen LogP contribution >= 0.6 is 0 Å². The van der Waals surface area contributed by atoms with Gasteiger partial charge in [0.1, 0.15) is 18.5 Å². The largest absolute Gasteiger partial charge is 0.490 e. The quantitative estimate of drug-likeness (QED) is 0.414. The molecule has 1 unspecified atom stereocenters. The van der Waals surface area contributed by atoms with E-state index < -0.39 is 6.10 Å². The second-order valence-electron chi connectivity index (χ2n) is 7.72. The summed E-state index contributed by atoms with van der Waals surface area (Å²) in [6, 6.07) is 20.1. The van der Waals surface area contributed by atoms with Crippen molar-refractivity contribution in [3.8, 4) is 5.75 Å². The molecule has 0 fully saturated rings. The van der Waals surface area contributed by atoms with Gasteiger partial charge in [-0.25, -0.2) is 4.84 Å². The van der Waals surface area contributed by atoms with Gasteiger partial charge in [-0.1, -0.05) is 48.5 Å². The normalized spacial score (nSPS) is 12.3. The Morgan fingerprint density at radius 1 is 0.969 bits per heavy atom. The minimum Gasteiger partial charge on any atom is -0.490 e. The summed E-state index contributed by atoms with van der Waals surface area (Å²) < 4.78 is 5.86. The van der Waals surface area contributed by atoms with Gasteiger partial charge >= 0.3 is 0 Å². The predicted molar refractivity (Wildman–Crippen MR) is 118 cm³/mol. The van der Waals surface area contributed by atoms with Crippen molar-refractivity contribution in [2.45, 2.75) is 32.6 Å². The number of carbonyl (C=O) groups excluding carboxylic acids is 1. The van der Waals surface area contributed by atoms with E-state index in [2.05, 4.69) is 4.84 Å². The summed E-state index contributed by atoms with van der Waals surface area (Å²) in [5, 5.41) is 29.5. The van der Waals surface area contributed by atoms with E-state index in [9.17, 15) is 9.90 Å². The molecule has 170 valence electrons. The Bertz CT molecular complexity index is 1020. The first-order valence-electron chi connectivity index (χ1n) is 10.3. The molecule has 3 aromatic carbocycles. The lowest BCUT2D eigenvalue weighted by atomic mass is 10.1. The molecule has 1 amide bonds. The molecule has 0 saturated carbocycles. The van der Waals surface area contributed by atoms with E-state index in [1.165, 1.54) is 0 Å². The number of nitrogens with zero attached hydrogens (tertiary/aromatic N) is 2. The molecule has 0 saturated heterocycles. The molecule has 0 aliphatic heterocycles. The van der Waals surface area contributed by atoms with Crippen LogP contribution < -0.4 is 4.74 Å². The zero-order valence-corrected chi connectivity index (χ0v) is 18.1. The molecule has 3 rings (SSSR count). The minimum atomic E-state index is -0.868. The molecule has 8 heteroatoms. The van der Waals surface area contributed by atoms with Crippen molar-refractivity contribution < 1.29 is 29.9 Å². The highest BCUT2D eigenvalue weighted by atomic mass is 17.1. The summed E-state index contributed by atoms with van der Waals surface area (Å²) in [5.41, 5.74) is 1.11. The predicted octanol–water partition coefficient (Wildman–Crippen LogP) is 3.64. The van der Waals surface area contributed by atoms with Crippen LogP contribution in [0, 0.1) is 0 Å². The average molecular weight is 440 g/mol. The van der Waals surface area contributed by atoms with Gasteiger partial charge in [-0.05, 0) is 43.0 Å². The number of hydrogen-bond acceptors (Lipinski definition) is 7. The molecule has 0 bridgehead atoms. The fourth-order valence-corrected chi connectivity index (χ4v) is 3.36. The summed E-state index contributed by atoms with van der Waals surface area (Å²) in [5.74, 6) is 0.467. The molecule has 0 radical (unpaired) electrons. The first kappa shape index (κ1) is 23.6. The third-order valence-electron chi connectivity index (χ3n) is 5.02. The van der Waals surface area contributed by atoms with Crippen molar-refractivity contribution >= 4 is 16.7 Å². The average Bonchev–Trinajstić information content (AvgIpc) is 2.79. The second kappa shape index (κ2) is 11.0. The van der Waals surface area contributed by atoms with Crippen LogP contribution in [0.4, 0.5) is 0 Å².